The lowest BCUT2D eigenvalue weighted by Gasteiger charge is -2.28. The van der Waals surface area contributed by atoms with Crippen LogP contribution in [0.3, 0.4) is 0 Å². The Labute approximate surface area is 182 Å². The van der Waals surface area contributed by atoms with Crippen molar-refractivity contribution < 1.29 is 14.8 Å². The van der Waals surface area contributed by atoms with Crippen molar-refractivity contribution in [3.63, 3.8) is 0 Å². The molecule has 0 unspecified atom stereocenters. The number of aliphatic hydroxyl groups excluding tert-OH is 1. The molecule has 0 aliphatic carbocycles. The van der Waals surface area contributed by atoms with Crippen molar-refractivity contribution in [1.29, 1.82) is 5.26 Å². The van der Waals surface area contributed by atoms with Crippen LogP contribution in [-0.2, 0) is 17.8 Å². The van der Waals surface area contributed by atoms with E-state index in [0.717, 1.165) is 69.7 Å². The zero-order chi connectivity index (χ0) is 21.6. The maximum Gasteiger partial charge on any atom is 0.227 e. The van der Waals surface area contributed by atoms with Gasteiger partial charge in [0.25, 0.3) is 0 Å². The van der Waals surface area contributed by atoms with E-state index in [1.54, 1.807) is 0 Å². The monoisotopic (exact) mass is 421 g/mol. The molecule has 4 rings (SSSR count). The standard InChI is InChI=1S/C23H28N6O2/c24-15-19(22-27-26-21-9-5-2-6-12-29(21)22)20(30)16-28-13-10-17(11-14-28)23(31)25-18-7-3-1-4-8-18/h1,3-4,7-8,17,30H,2,5-6,9-14,16H2,(H,25,31)/p+1/b20-19-. The van der Waals surface area contributed by atoms with Crippen molar-refractivity contribution in [3.05, 3.63) is 47.7 Å². The van der Waals surface area contributed by atoms with Crippen LogP contribution < -0.4 is 10.2 Å². The van der Waals surface area contributed by atoms with Crippen molar-refractivity contribution in [2.75, 3.05) is 25.0 Å². The number of hydrogen-bond acceptors (Lipinski definition) is 5. The number of allylic oxidation sites excluding steroid dienone is 1. The van der Waals surface area contributed by atoms with Crippen LogP contribution in [0.5, 0.6) is 0 Å². The third-order valence-corrected chi connectivity index (χ3v) is 6.26. The fraction of sp³-hybridized carbons (Fsp3) is 0.478. The topological polar surface area (TPSA) is 108 Å². The van der Waals surface area contributed by atoms with E-state index in [1.165, 1.54) is 4.90 Å². The van der Waals surface area contributed by atoms with Gasteiger partial charge in [0.1, 0.15) is 24.0 Å². The third kappa shape index (κ3) is 4.94. The van der Waals surface area contributed by atoms with Crippen molar-refractivity contribution in [2.45, 2.75) is 45.1 Å². The second kappa shape index (κ2) is 9.75. The Morgan fingerprint density at radius 3 is 2.71 bits per heavy atom. The van der Waals surface area contributed by atoms with E-state index in [-0.39, 0.29) is 23.2 Å². The number of hydrogen-bond donors (Lipinski definition) is 3. The molecule has 2 aromatic rings. The van der Waals surface area contributed by atoms with Crippen LogP contribution in [0.2, 0.25) is 0 Å². The number of benzene rings is 1. The molecule has 0 saturated carbocycles. The summed E-state index contributed by atoms with van der Waals surface area (Å²) in [5.41, 5.74) is 1.03. The van der Waals surface area contributed by atoms with Gasteiger partial charge in [-0.2, -0.15) is 5.26 Å². The number of carbonyl (C=O) groups excluding carboxylic acids is 1. The summed E-state index contributed by atoms with van der Waals surface area (Å²) in [7, 11) is 0. The quantitative estimate of drug-likeness (QED) is 0.503. The van der Waals surface area contributed by atoms with E-state index in [1.807, 2.05) is 34.9 Å². The third-order valence-electron chi connectivity index (χ3n) is 6.26. The predicted molar refractivity (Wildman–Crippen MR) is 116 cm³/mol. The van der Waals surface area contributed by atoms with Crippen molar-refractivity contribution >= 4 is 17.2 Å². The number of piperidine rings is 1. The maximum atomic E-state index is 12.5. The fourth-order valence-electron chi connectivity index (χ4n) is 4.47. The van der Waals surface area contributed by atoms with Gasteiger partial charge in [-0.05, 0) is 25.0 Å². The number of nitrogens with zero attached hydrogens (tertiary/aromatic N) is 4. The highest BCUT2D eigenvalue weighted by molar-refractivity contribution is 5.92. The largest absolute Gasteiger partial charge is 0.506 e. The summed E-state index contributed by atoms with van der Waals surface area (Å²) in [5.74, 6) is 1.45. The number of fused-ring (bicyclic) bond motifs is 1. The summed E-state index contributed by atoms with van der Waals surface area (Å²) in [5, 5.41) is 31.9. The first kappa shape index (κ1) is 21.1. The van der Waals surface area contributed by atoms with Gasteiger partial charge in [-0.3, -0.25) is 4.79 Å². The first-order chi connectivity index (χ1) is 15.2. The molecule has 162 valence electrons. The molecule has 1 aromatic heterocycles. The van der Waals surface area contributed by atoms with Gasteiger partial charge in [0, 0.05) is 37.4 Å². The normalized spacial score (nSPS) is 21.9. The van der Waals surface area contributed by atoms with Crippen molar-refractivity contribution in [2.24, 2.45) is 5.92 Å². The van der Waals surface area contributed by atoms with Crippen LogP contribution in [0.1, 0.15) is 43.8 Å². The number of aryl methyl sites for hydroxylation is 1. The highest BCUT2D eigenvalue weighted by atomic mass is 16.3. The average molecular weight is 422 g/mol. The van der Waals surface area contributed by atoms with Gasteiger partial charge in [-0.25, -0.2) is 0 Å². The molecule has 0 spiro atoms. The number of anilines is 1. The molecule has 1 amide bonds. The molecular weight excluding hydrogens is 392 g/mol. The molecule has 1 aromatic carbocycles. The lowest BCUT2D eigenvalue weighted by molar-refractivity contribution is -0.902. The fourth-order valence-corrected chi connectivity index (χ4v) is 4.47. The summed E-state index contributed by atoms with van der Waals surface area (Å²) in [6, 6.07) is 11.6. The first-order valence-corrected chi connectivity index (χ1v) is 11.1. The number of likely N-dealkylation sites (tertiary alicyclic amines) is 1. The zero-order valence-electron chi connectivity index (χ0n) is 17.7. The number of amides is 1. The number of carbonyl (C=O) groups is 1. The first-order valence-electron chi connectivity index (χ1n) is 11.1. The Morgan fingerprint density at radius 1 is 1.19 bits per heavy atom. The minimum Gasteiger partial charge on any atom is -0.506 e. The Kier molecular flexibility index (Phi) is 6.63. The predicted octanol–water partition coefficient (Wildman–Crippen LogP) is 1.73. The minimum absolute atomic E-state index is 0.0298. The second-order valence-corrected chi connectivity index (χ2v) is 8.39. The van der Waals surface area contributed by atoms with E-state index < -0.39 is 0 Å². The van der Waals surface area contributed by atoms with Gasteiger partial charge >= 0.3 is 0 Å². The Bertz CT molecular complexity index is 983. The molecule has 3 heterocycles. The number of rotatable bonds is 5. The molecule has 1 saturated heterocycles. The van der Waals surface area contributed by atoms with Gasteiger partial charge in [0.2, 0.25) is 5.91 Å². The molecule has 0 radical (unpaired) electrons. The minimum atomic E-state index is -0.0298. The van der Waals surface area contributed by atoms with Gasteiger partial charge < -0.3 is 19.9 Å². The molecule has 8 nitrogen and oxygen atoms in total. The van der Waals surface area contributed by atoms with Crippen LogP contribution in [-0.4, -0.2) is 45.4 Å². The van der Waals surface area contributed by atoms with E-state index in [4.69, 9.17) is 0 Å². The highest BCUT2D eigenvalue weighted by Gasteiger charge is 2.29. The highest BCUT2D eigenvalue weighted by Crippen LogP contribution is 2.21. The smallest absolute Gasteiger partial charge is 0.227 e. The van der Waals surface area contributed by atoms with E-state index >= 15 is 0 Å². The summed E-state index contributed by atoms with van der Waals surface area (Å²) in [6.07, 6.45) is 5.61. The molecular formula is C23H29N6O2+. The average Bonchev–Trinajstić information content (AvgIpc) is 3.02. The second-order valence-electron chi connectivity index (χ2n) is 8.39. The number of aromatic nitrogens is 3. The number of aliphatic hydroxyl groups is 1. The van der Waals surface area contributed by atoms with Gasteiger partial charge in [-0.1, -0.05) is 24.6 Å². The molecule has 31 heavy (non-hydrogen) atoms. The van der Waals surface area contributed by atoms with Crippen LogP contribution in [0.4, 0.5) is 5.69 Å². The maximum absolute atomic E-state index is 12.5. The van der Waals surface area contributed by atoms with Crippen molar-refractivity contribution in [3.8, 4) is 6.07 Å². The number of quaternary nitrogens is 1. The van der Waals surface area contributed by atoms with Gasteiger partial charge in [-0.15, -0.1) is 10.2 Å². The SMILES string of the molecule is N#C/C(=C(/O)C[NH+]1CCC(C(=O)Nc2ccccc2)CC1)c1nnc2n1CCCCC2. The summed E-state index contributed by atoms with van der Waals surface area (Å²) in [6.45, 7) is 2.68. The van der Waals surface area contributed by atoms with Gasteiger partial charge in [0.15, 0.2) is 11.6 Å². The van der Waals surface area contributed by atoms with E-state index in [9.17, 15) is 15.2 Å². The van der Waals surface area contributed by atoms with E-state index in [0.29, 0.717) is 12.4 Å². The summed E-state index contributed by atoms with van der Waals surface area (Å²) < 4.78 is 1.98. The molecule has 0 atom stereocenters. The number of nitrogens with one attached hydrogen (secondary N) is 2. The Balaban J connectivity index is 1.37. The van der Waals surface area contributed by atoms with Gasteiger partial charge in [0.05, 0.1) is 13.1 Å². The molecule has 8 heteroatoms. The van der Waals surface area contributed by atoms with Crippen molar-refractivity contribution in [1.82, 2.24) is 14.8 Å². The van der Waals surface area contributed by atoms with E-state index in [2.05, 4.69) is 21.6 Å². The zero-order valence-corrected chi connectivity index (χ0v) is 17.7. The summed E-state index contributed by atoms with van der Waals surface area (Å²) in [4.78, 5) is 13.7. The van der Waals surface area contributed by atoms with Crippen LogP contribution in [0.25, 0.3) is 5.57 Å². The Morgan fingerprint density at radius 2 is 1.97 bits per heavy atom. The van der Waals surface area contributed by atoms with Crippen LogP contribution >= 0.6 is 0 Å². The molecule has 2 aliphatic heterocycles. The lowest BCUT2D eigenvalue weighted by atomic mass is 9.95. The molecule has 1 fully saturated rings. The Hall–Kier alpha value is -3.18. The van der Waals surface area contributed by atoms with Crippen LogP contribution in [0, 0.1) is 17.2 Å². The number of para-hydroxylation sites is 1. The summed E-state index contributed by atoms with van der Waals surface area (Å²) >= 11 is 0. The lowest BCUT2D eigenvalue weighted by Crippen LogP contribution is -3.13. The molecule has 0 bridgehead atoms. The van der Waals surface area contributed by atoms with Crippen LogP contribution in [0.15, 0.2) is 36.1 Å². The number of nitriles is 1. The molecule has 3 N–H and O–H groups in total. The molecule has 2 aliphatic rings.